The molecule has 2 amide bonds. The van der Waals surface area contributed by atoms with Gasteiger partial charge in [-0.3, -0.25) is 14.5 Å². The second-order valence-electron chi connectivity index (χ2n) is 6.71. The molecule has 0 bridgehead atoms. The van der Waals surface area contributed by atoms with Crippen LogP contribution in [0.25, 0.3) is 16.8 Å². The maximum atomic E-state index is 12.4. The van der Waals surface area contributed by atoms with Gasteiger partial charge in [0.05, 0.1) is 20.4 Å². The van der Waals surface area contributed by atoms with E-state index in [1.54, 1.807) is 6.08 Å². The number of amides is 2. The number of halogens is 2. The van der Waals surface area contributed by atoms with Crippen molar-refractivity contribution in [2.24, 2.45) is 0 Å². The van der Waals surface area contributed by atoms with E-state index >= 15 is 0 Å². The number of carbonyl (C=O) groups is 2. The Kier molecular flexibility index (Phi) is 6.51. The lowest BCUT2D eigenvalue weighted by atomic mass is 10.1. The first-order valence-corrected chi connectivity index (χ1v) is 11.7. The van der Waals surface area contributed by atoms with E-state index in [9.17, 15) is 9.59 Å². The molecule has 0 radical (unpaired) electrons. The lowest BCUT2D eigenvalue weighted by Gasteiger charge is -2.13. The van der Waals surface area contributed by atoms with Crippen molar-refractivity contribution in [2.75, 3.05) is 6.54 Å². The molecule has 0 saturated carbocycles. The van der Waals surface area contributed by atoms with Gasteiger partial charge in [-0.15, -0.1) is 6.42 Å². The smallest absolute Gasteiger partial charge is 0.294 e. The van der Waals surface area contributed by atoms with Gasteiger partial charge >= 0.3 is 0 Å². The molecule has 4 rings (SSSR count). The third kappa shape index (κ3) is 4.57. The average Bonchev–Trinajstić information content (AvgIpc) is 3.01. The number of carbonyl (C=O) groups excluding carboxylic acids is 2. The molecule has 3 aromatic rings. The van der Waals surface area contributed by atoms with Crippen LogP contribution in [0.15, 0.2) is 68.4 Å². The highest BCUT2D eigenvalue weighted by Crippen LogP contribution is 2.38. The number of nitrogens with zero attached hydrogens (tertiary/aromatic N) is 1. The third-order valence-corrected chi connectivity index (χ3v) is 6.78. The van der Waals surface area contributed by atoms with E-state index in [-0.39, 0.29) is 17.7 Å². The molecule has 0 atom stereocenters. The van der Waals surface area contributed by atoms with E-state index in [4.69, 9.17) is 11.2 Å². The summed E-state index contributed by atoms with van der Waals surface area (Å²) < 4.78 is 7.57. The van der Waals surface area contributed by atoms with E-state index < -0.39 is 0 Å². The van der Waals surface area contributed by atoms with E-state index in [0.29, 0.717) is 17.3 Å². The lowest BCUT2D eigenvalue weighted by Crippen LogP contribution is -2.28. The highest BCUT2D eigenvalue weighted by atomic mass is 79.9. The Labute approximate surface area is 200 Å². The lowest BCUT2D eigenvalue weighted by molar-refractivity contribution is -0.122. The van der Waals surface area contributed by atoms with Gasteiger partial charge < -0.3 is 4.74 Å². The number of terminal acetylenes is 1. The number of benzene rings is 3. The largest absolute Gasteiger partial charge is 0.487 e. The quantitative estimate of drug-likeness (QED) is 0.262. The molecule has 0 aliphatic carbocycles. The number of rotatable bonds is 5. The molecule has 1 saturated heterocycles. The van der Waals surface area contributed by atoms with Crippen LogP contribution < -0.4 is 4.74 Å². The van der Waals surface area contributed by atoms with Crippen LogP contribution >= 0.6 is 43.6 Å². The minimum Gasteiger partial charge on any atom is -0.487 e. The van der Waals surface area contributed by atoms with Crippen LogP contribution in [0.5, 0.6) is 5.75 Å². The number of hydrogen-bond donors (Lipinski definition) is 0. The number of fused-ring (bicyclic) bond motifs is 1. The predicted molar refractivity (Wildman–Crippen MR) is 132 cm³/mol. The van der Waals surface area contributed by atoms with Gasteiger partial charge in [0, 0.05) is 0 Å². The van der Waals surface area contributed by atoms with Crippen molar-refractivity contribution in [3.8, 4) is 18.1 Å². The van der Waals surface area contributed by atoms with Crippen molar-refractivity contribution in [1.82, 2.24) is 4.90 Å². The molecule has 1 heterocycles. The molecule has 1 fully saturated rings. The topological polar surface area (TPSA) is 46.6 Å². The molecule has 3 aromatic carbocycles. The van der Waals surface area contributed by atoms with Crippen molar-refractivity contribution in [3.63, 3.8) is 0 Å². The second-order valence-corrected chi connectivity index (χ2v) is 9.41. The van der Waals surface area contributed by atoms with Gasteiger partial charge in [0.1, 0.15) is 12.4 Å². The zero-order chi connectivity index (χ0) is 22.0. The summed E-state index contributed by atoms with van der Waals surface area (Å²) in [7, 11) is 0. The van der Waals surface area contributed by atoms with Crippen molar-refractivity contribution in [3.05, 3.63) is 79.6 Å². The second kappa shape index (κ2) is 9.31. The van der Waals surface area contributed by atoms with Crippen LogP contribution in [0.3, 0.4) is 0 Å². The summed E-state index contributed by atoms with van der Waals surface area (Å²) in [5.74, 6) is 2.61. The molecule has 31 heavy (non-hydrogen) atoms. The van der Waals surface area contributed by atoms with Crippen molar-refractivity contribution < 1.29 is 14.3 Å². The molecule has 0 unspecified atom stereocenters. The van der Waals surface area contributed by atoms with Crippen LogP contribution in [0, 0.1) is 12.3 Å². The highest BCUT2D eigenvalue weighted by molar-refractivity contribution is 9.11. The maximum Gasteiger partial charge on any atom is 0.294 e. The van der Waals surface area contributed by atoms with Crippen molar-refractivity contribution in [2.45, 2.75) is 6.61 Å². The number of thioether (sulfide) groups is 1. The van der Waals surface area contributed by atoms with Gasteiger partial charge in [0.2, 0.25) is 0 Å². The summed E-state index contributed by atoms with van der Waals surface area (Å²) in [6.07, 6.45) is 6.91. The molecule has 0 N–H and O–H groups in total. The fourth-order valence-electron chi connectivity index (χ4n) is 3.25. The standard InChI is InChI=1S/C24H15Br2NO3S/c1-2-10-27-23(28)21(31-24(27)29)13-15-11-19(25)22(20(26)12-15)30-14-17-8-5-7-16-6-3-4-9-18(16)17/h1,3-9,11-13H,10,14H2/b21-13+. The zero-order valence-electron chi connectivity index (χ0n) is 16.1. The van der Waals surface area contributed by atoms with Crippen molar-refractivity contribution >= 4 is 71.6 Å². The van der Waals surface area contributed by atoms with Gasteiger partial charge in [0.15, 0.2) is 0 Å². The highest BCUT2D eigenvalue weighted by Gasteiger charge is 2.34. The van der Waals surface area contributed by atoms with Crippen LogP contribution in [0.4, 0.5) is 4.79 Å². The Morgan fingerprint density at radius 3 is 2.52 bits per heavy atom. The molecule has 1 aliphatic rings. The molecular formula is C24H15Br2NO3S. The average molecular weight is 557 g/mol. The Morgan fingerprint density at radius 1 is 1.06 bits per heavy atom. The van der Waals surface area contributed by atoms with Gasteiger partial charge in [-0.25, -0.2) is 0 Å². The summed E-state index contributed by atoms with van der Waals surface area (Å²) in [5, 5.41) is 1.95. The predicted octanol–water partition coefficient (Wildman–Crippen LogP) is 6.61. The first-order valence-electron chi connectivity index (χ1n) is 9.25. The molecule has 4 nitrogen and oxygen atoms in total. The summed E-state index contributed by atoms with van der Waals surface area (Å²) in [6, 6.07) is 18.0. The van der Waals surface area contributed by atoms with Crippen LogP contribution in [-0.2, 0) is 11.4 Å². The van der Waals surface area contributed by atoms with Crippen LogP contribution in [0.2, 0.25) is 0 Å². The molecule has 154 valence electrons. The van der Waals surface area contributed by atoms with Gasteiger partial charge in [0.25, 0.3) is 11.1 Å². The number of ether oxygens (including phenoxy) is 1. The van der Waals surface area contributed by atoms with E-state index in [1.165, 1.54) is 0 Å². The SMILES string of the molecule is C#CCN1C(=O)S/C(=C/c2cc(Br)c(OCc3cccc4ccccc34)c(Br)c2)C1=O. The van der Waals surface area contributed by atoms with Gasteiger partial charge in [-0.1, -0.05) is 48.4 Å². The van der Waals surface area contributed by atoms with Gasteiger partial charge in [-0.05, 0) is 83.7 Å². The molecule has 0 aromatic heterocycles. The summed E-state index contributed by atoms with van der Waals surface area (Å²) in [4.78, 5) is 25.7. The minimum atomic E-state index is -0.378. The van der Waals surface area contributed by atoms with E-state index in [2.05, 4.69) is 56.0 Å². The fourth-order valence-corrected chi connectivity index (χ4v) is 5.54. The Morgan fingerprint density at radius 2 is 1.77 bits per heavy atom. The Hall–Kier alpha value is -2.53. The van der Waals surface area contributed by atoms with Crippen molar-refractivity contribution in [1.29, 1.82) is 0 Å². The summed E-state index contributed by atoms with van der Waals surface area (Å²) in [5.41, 5.74) is 1.84. The van der Waals surface area contributed by atoms with Crippen LogP contribution in [-0.4, -0.2) is 22.6 Å². The van der Waals surface area contributed by atoms with E-state index in [1.807, 2.05) is 36.4 Å². The minimum absolute atomic E-state index is 0.0314. The zero-order valence-corrected chi connectivity index (χ0v) is 20.1. The monoisotopic (exact) mass is 555 g/mol. The number of hydrogen-bond acceptors (Lipinski definition) is 4. The first-order chi connectivity index (χ1) is 15.0. The molecule has 1 aliphatic heterocycles. The molecular weight excluding hydrogens is 542 g/mol. The third-order valence-electron chi connectivity index (χ3n) is 4.69. The molecule has 0 spiro atoms. The number of imide groups is 1. The first kappa shape index (κ1) is 21.7. The maximum absolute atomic E-state index is 12.4. The molecule has 7 heteroatoms. The Bertz CT molecular complexity index is 1250. The Balaban J connectivity index is 1.56. The van der Waals surface area contributed by atoms with E-state index in [0.717, 1.165) is 47.5 Å². The fraction of sp³-hybridized carbons (Fsp3) is 0.0833. The summed E-state index contributed by atoms with van der Waals surface area (Å²) in [6.45, 7) is 0.374. The summed E-state index contributed by atoms with van der Waals surface area (Å²) >= 11 is 7.99. The van der Waals surface area contributed by atoms with Gasteiger partial charge in [-0.2, -0.15) is 0 Å². The van der Waals surface area contributed by atoms with Crippen LogP contribution in [0.1, 0.15) is 11.1 Å². The normalized spacial score (nSPS) is 15.0.